The molecule has 1 aromatic rings. The van der Waals surface area contributed by atoms with Crippen LogP contribution >= 0.6 is 0 Å². The van der Waals surface area contributed by atoms with Gasteiger partial charge in [0.2, 0.25) is 0 Å². The molecule has 0 bridgehead atoms. The summed E-state index contributed by atoms with van der Waals surface area (Å²) in [5.74, 6) is 7.23. The minimum absolute atomic E-state index is 0.0480. The van der Waals surface area contributed by atoms with Crippen molar-refractivity contribution in [2.24, 2.45) is 5.41 Å². The van der Waals surface area contributed by atoms with Gasteiger partial charge in [-0.15, -0.1) is 5.92 Å². The highest BCUT2D eigenvalue weighted by Gasteiger charge is 2.11. The van der Waals surface area contributed by atoms with Crippen molar-refractivity contribution < 1.29 is 0 Å². The lowest BCUT2D eigenvalue weighted by Crippen LogP contribution is -2.18. The quantitative estimate of drug-likeness (QED) is 0.812. The Bertz CT molecular complexity index is 404. The molecule has 0 amide bonds. The van der Waals surface area contributed by atoms with E-state index in [4.69, 9.17) is 0 Å². The lowest BCUT2D eigenvalue weighted by Gasteiger charge is -2.12. The summed E-state index contributed by atoms with van der Waals surface area (Å²) in [4.78, 5) is 8.65. The van der Waals surface area contributed by atoms with Crippen molar-refractivity contribution in [1.29, 1.82) is 0 Å². The molecule has 3 nitrogen and oxygen atoms in total. The Balaban J connectivity index is 2.72. The third kappa shape index (κ3) is 4.97. The SMILES string of the molecule is CNC(CC#CC(C)(C)C)c1ncc(C)cn1. The molecule has 17 heavy (non-hydrogen) atoms. The molecule has 1 unspecified atom stereocenters. The molecule has 0 saturated heterocycles. The number of hydrogen-bond acceptors (Lipinski definition) is 3. The summed E-state index contributed by atoms with van der Waals surface area (Å²) in [7, 11) is 1.91. The molecule has 1 N–H and O–H groups in total. The van der Waals surface area contributed by atoms with E-state index in [-0.39, 0.29) is 11.5 Å². The molecule has 1 heterocycles. The molecular weight excluding hydrogens is 210 g/mol. The van der Waals surface area contributed by atoms with Gasteiger partial charge >= 0.3 is 0 Å². The number of nitrogens with one attached hydrogen (secondary N) is 1. The Morgan fingerprint density at radius 2 is 1.88 bits per heavy atom. The van der Waals surface area contributed by atoms with Gasteiger partial charge in [-0.05, 0) is 40.3 Å². The van der Waals surface area contributed by atoms with Gasteiger partial charge in [0.1, 0.15) is 5.82 Å². The third-order valence-corrected chi connectivity index (χ3v) is 2.23. The van der Waals surface area contributed by atoms with Crippen molar-refractivity contribution in [3.05, 3.63) is 23.8 Å². The van der Waals surface area contributed by atoms with Crippen molar-refractivity contribution in [3.8, 4) is 11.8 Å². The van der Waals surface area contributed by atoms with Crippen molar-refractivity contribution >= 4 is 0 Å². The number of nitrogens with zero attached hydrogens (tertiary/aromatic N) is 2. The summed E-state index contributed by atoms with van der Waals surface area (Å²) >= 11 is 0. The molecule has 0 fully saturated rings. The van der Waals surface area contributed by atoms with Crippen LogP contribution in [0.5, 0.6) is 0 Å². The van der Waals surface area contributed by atoms with Crippen LogP contribution in [0.2, 0.25) is 0 Å². The summed E-state index contributed by atoms with van der Waals surface area (Å²) in [6.45, 7) is 8.31. The van der Waals surface area contributed by atoms with Crippen LogP contribution < -0.4 is 5.32 Å². The zero-order chi connectivity index (χ0) is 12.9. The van der Waals surface area contributed by atoms with Crippen molar-refractivity contribution in [2.75, 3.05) is 7.05 Å². The summed E-state index contributed by atoms with van der Waals surface area (Å²) in [6.07, 6.45) is 4.41. The molecule has 3 heteroatoms. The van der Waals surface area contributed by atoms with Gasteiger partial charge in [-0.1, -0.05) is 5.92 Å². The molecular formula is C14H21N3. The predicted molar refractivity (Wildman–Crippen MR) is 70.4 cm³/mol. The lowest BCUT2D eigenvalue weighted by molar-refractivity contribution is 0.558. The predicted octanol–water partition coefficient (Wildman–Crippen LogP) is 2.49. The van der Waals surface area contributed by atoms with Gasteiger partial charge in [0.15, 0.2) is 0 Å². The van der Waals surface area contributed by atoms with E-state index < -0.39 is 0 Å². The van der Waals surface area contributed by atoms with Gasteiger partial charge in [0.25, 0.3) is 0 Å². The molecule has 0 aromatic carbocycles. The van der Waals surface area contributed by atoms with Crippen LogP contribution in [0.15, 0.2) is 12.4 Å². The highest BCUT2D eigenvalue weighted by molar-refractivity contribution is 5.12. The first-order valence-corrected chi connectivity index (χ1v) is 5.88. The molecule has 0 spiro atoms. The van der Waals surface area contributed by atoms with E-state index in [0.29, 0.717) is 0 Å². The fourth-order valence-corrected chi connectivity index (χ4v) is 1.32. The van der Waals surface area contributed by atoms with E-state index in [1.165, 1.54) is 0 Å². The van der Waals surface area contributed by atoms with E-state index in [1.54, 1.807) is 0 Å². The fourth-order valence-electron chi connectivity index (χ4n) is 1.32. The Morgan fingerprint density at radius 1 is 1.29 bits per heavy atom. The van der Waals surface area contributed by atoms with Crippen LogP contribution in [0.4, 0.5) is 0 Å². The van der Waals surface area contributed by atoms with Gasteiger partial charge in [0.05, 0.1) is 6.04 Å². The third-order valence-electron chi connectivity index (χ3n) is 2.23. The number of aromatic nitrogens is 2. The van der Waals surface area contributed by atoms with Gasteiger partial charge in [-0.25, -0.2) is 9.97 Å². The first-order valence-electron chi connectivity index (χ1n) is 5.88. The maximum absolute atomic E-state index is 4.32. The van der Waals surface area contributed by atoms with E-state index in [2.05, 4.69) is 47.9 Å². The average molecular weight is 231 g/mol. The summed E-state index contributed by atoms with van der Waals surface area (Å²) in [5, 5.41) is 3.20. The number of aryl methyl sites for hydroxylation is 1. The van der Waals surface area contributed by atoms with Crippen LogP contribution in [0.25, 0.3) is 0 Å². The first kappa shape index (κ1) is 13.7. The lowest BCUT2D eigenvalue weighted by atomic mass is 9.97. The smallest absolute Gasteiger partial charge is 0.146 e. The maximum atomic E-state index is 4.32. The second kappa shape index (κ2) is 5.79. The van der Waals surface area contributed by atoms with Gasteiger partial charge < -0.3 is 5.32 Å². The minimum atomic E-state index is 0.0480. The zero-order valence-corrected chi connectivity index (χ0v) is 11.3. The average Bonchev–Trinajstić information content (AvgIpc) is 2.24. The molecule has 92 valence electrons. The molecule has 0 aliphatic heterocycles. The van der Waals surface area contributed by atoms with E-state index >= 15 is 0 Å². The molecule has 1 atom stereocenters. The van der Waals surface area contributed by atoms with E-state index in [1.807, 2.05) is 26.4 Å². The van der Waals surface area contributed by atoms with Crippen molar-refractivity contribution in [1.82, 2.24) is 15.3 Å². The maximum Gasteiger partial charge on any atom is 0.146 e. The number of hydrogen-bond donors (Lipinski definition) is 1. The van der Waals surface area contributed by atoms with E-state index in [0.717, 1.165) is 17.8 Å². The molecule has 0 aliphatic carbocycles. The number of rotatable bonds is 3. The summed E-state index contributed by atoms with van der Waals surface area (Å²) in [6, 6.07) is 0.102. The first-order chi connectivity index (χ1) is 7.92. The van der Waals surface area contributed by atoms with Crippen LogP contribution in [0, 0.1) is 24.2 Å². The second-order valence-corrected chi connectivity index (χ2v) is 5.22. The summed E-state index contributed by atoms with van der Waals surface area (Å²) in [5.41, 5.74) is 1.12. The van der Waals surface area contributed by atoms with Gasteiger partial charge in [0, 0.05) is 24.2 Å². The van der Waals surface area contributed by atoms with Crippen molar-refractivity contribution in [2.45, 2.75) is 40.2 Å². The van der Waals surface area contributed by atoms with Crippen LogP contribution in [0.3, 0.4) is 0 Å². The van der Waals surface area contributed by atoms with Gasteiger partial charge in [-0.2, -0.15) is 0 Å². The van der Waals surface area contributed by atoms with Gasteiger partial charge in [-0.3, -0.25) is 0 Å². The Morgan fingerprint density at radius 3 is 2.35 bits per heavy atom. The van der Waals surface area contributed by atoms with Crippen LogP contribution in [0.1, 0.15) is 44.6 Å². The normalized spacial score (nSPS) is 12.8. The standard InChI is InChI=1S/C14H21N3/c1-11-9-16-13(17-10-11)12(15-5)7-6-8-14(2,3)4/h9-10,12,15H,7H2,1-5H3. The highest BCUT2D eigenvalue weighted by Crippen LogP contribution is 2.13. The Kier molecular flexibility index (Phi) is 4.65. The molecule has 1 aromatic heterocycles. The molecule has 1 rings (SSSR count). The largest absolute Gasteiger partial charge is 0.310 e. The van der Waals surface area contributed by atoms with Crippen LogP contribution in [-0.4, -0.2) is 17.0 Å². The fraction of sp³-hybridized carbons (Fsp3) is 0.571. The van der Waals surface area contributed by atoms with Crippen molar-refractivity contribution in [3.63, 3.8) is 0 Å². The summed E-state index contributed by atoms with van der Waals surface area (Å²) < 4.78 is 0. The zero-order valence-electron chi connectivity index (χ0n) is 11.3. The highest BCUT2D eigenvalue weighted by atomic mass is 15.0. The molecule has 0 aliphatic rings. The minimum Gasteiger partial charge on any atom is -0.310 e. The van der Waals surface area contributed by atoms with Crippen LogP contribution in [-0.2, 0) is 0 Å². The monoisotopic (exact) mass is 231 g/mol. The molecule has 0 radical (unpaired) electrons. The topological polar surface area (TPSA) is 37.8 Å². The Labute approximate surface area is 104 Å². The second-order valence-electron chi connectivity index (χ2n) is 5.22. The Hall–Kier alpha value is -1.40. The molecule has 0 saturated carbocycles. The van der Waals surface area contributed by atoms with E-state index in [9.17, 15) is 0 Å².